The Hall–Kier alpha value is 0.610. The highest BCUT2D eigenvalue weighted by molar-refractivity contribution is 14.1. The molecule has 0 spiro atoms. The van der Waals surface area contributed by atoms with E-state index in [1.54, 1.807) is 0 Å². The van der Waals surface area contributed by atoms with Crippen LogP contribution in [-0.2, 0) is 0 Å². The van der Waals surface area contributed by atoms with Gasteiger partial charge in [0.25, 0.3) is 0 Å². The highest BCUT2D eigenvalue weighted by Crippen LogP contribution is 2.10. The number of nitrogens with zero attached hydrogens (tertiary/aromatic N) is 1. The summed E-state index contributed by atoms with van der Waals surface area (Å²) < 4.78 is 3.28. The molecule has 1 saturated heterocycles. The quantitative estimate of drug-likeness (QED) is 0.574. The van der Waals surface area contributed by atoms with E-state index in [2.05, 4.69) is 31.3 Å². The first-order chi connectivity index (χ1) is 5.36. The fourth-order valence-electron chi connectivity index (χ4n) is 1.45. The fraction of sp³-hybridized carbons (Fsp3) is 1.00. The van der Waals surface area contributed by atoms with Crippen LogP contribution in [0.1, 0.15) is 12.8 Å². The number of piperidine rings is 1. The molecule has 0 amide bonds. The molecule has 1 rings (SSSR count). The Bertz CT molecular complexity index is 102. The maximum absolute atomic E-state index is 5.47. The van der Waals surface area contributed by atoms with Crippen LogP contribution in [-0.4, -0.2) is 37.1 Å². The first-order valence-electron chi connectivity index (χ1n) is 4.15. The van der Waals surface area contributed by atoms with Crippen LogP contribution in [0.4, 0.5) is 0 Å². The third kappa shape index (κ3) is 3.23. The maximum atomic E-state index is 5.47. The first-order valence-corrected chi connectivity index (χ1v) is 5.23. The molecule has 1 heterocycles. The molecule has 0 saturated carbocycles. The standard InChI is InChI=1S/C7H16IN3/c8-10-7-1-4-11(5-2-7)6-3-9/h7,10H,1-6,9H2. The molecule has 1 aliphatic heterocycles. The topological polar surface area (TPSA) is 41.3 Å². The molecule has 1 fully saturated rings. The Labute approximate surface area is 82.2 Å². The molecule has 3 nitrogen and oxygen atoms in total. The molecule has 0 aromatic rings. The maximum Gasteiger partial charge on any atom is 0.0187 e. The van der Waals surface area contributed by atoms with Crippen LogP contribution in [0.3, 0.4) is 0 Å². The van der Waals surface area contributed by atoms with Crippen molar-refractivity contribution in [2.24, 2.45) is 5.73 Å². The van der Waals surface area contributed by atoms with E-state index in [0.29, 0.717) is 0 Å². The normalized spacial score (nSPS) is 22.4. The van der Waals surface area contributed by atoms with Crippen molar-refractivity contribution in [1.29, 1.82) is 0 Å². The average molecular weight is 269 g/mol. The van der Waals surface area contributed by atoms with Gasteiger partial charge in [0.1, 0.15) is 0 Å². The zero-order valence-electron chi connectivity index (χ0n) is 6.72. The van der Waals surface area contributed by atoms with E-state index < -0.39 is 0 Å². The minimum absolute atomic E-state index is 0.727. The summed E-state index contributed by atoms with van der Waals surface area (Å²) in [6, 6.07) is 0.727. The highest BCUT2D eigenvalue weighted by atomic mass is 127. The van der Waals surface area contributed by atoms with Gasteiger partial charge in [0.05, 0.1) is 0 Å². The van der Waals surface area contributed by atoms with E-state index in [-0.39, 0.29) is 0 Å². The number of nitrogens with one attached hydrogen (secondary N) is 1. The van der Waals surface area contributed by atoms with Crippen molar-refractivity contribution in [1.82, 2.24) is 8.43 Å². The third-order valence-corrected chi connectivity index (χ3v) is 3.07. The Morgan fingerprint density at radius 2 is 2.09 bits per heavy atom. The second-order valence-corrected chi connectivity index (χ2v) is 3.64. The third-order valence-electron chi connectivity index (χ3n) is 2.19. The van der Waals surface area contributed by atoms with Gasteiger partial charge in [0, 0.05) is 42.0 Å². The van der Waals surface area contributed by atoms with Crippen LogP contribution in [0.2, 0.25) is 0 Å². The largest absolute Gasteiger partial charge is 0.329 e. The Morgan fingerprint density at radius 1 is 1.45 bits per heavy atom. The SMILES string of the molecule is NCCN1CCC(NI)CC1. The Morgan fingerprint density at radius 3 is 2.55 bits per heavy atom. The molecule has 0 unspecified atom stereocenters. The van der Waals surface area contributed by atoms with E-state index in [0.717, 1.165) is 19.1 Å². The Kier molecular flexibility index (Phi) is 4.66. The van der Waals surface area contributed by atoms with Crippen LogP contribution < -0.4 is 9.26 Å². The van der Waals surface area contributed by atoms with Gasteiger partial charge >= 0.3 is 0 Å². The minimum atomic E-state index is 0.727. The molecular formula is C7H16IN3. The van der Waals surface area contributed by atoms with Gasteiger partial charge in [-0.15, -0.1) is 0 Å². The van der Waals surface area contributed by atoms with E-state index in [9.17, 15) is 0 Å². The molecule has 0 aromatic heterocycles. The second-order valence-electron chi connectivity index (χ2n) is 3.01. The predicted molar refractivity (Wildman–Crippen MR) is 55.7 cm³/mol. The summed E-state index contributed by atoms with van der Waals surface area (Å²) in [4.78, 5) is 2.44. The first kappa shape index (κ1) is 9.70. The van der Waals surface area contributed by atoms with E-state index in [1.165, 1.54) is 25.9 Å². The van der Waals surface area contributed by atoms with Gasteiger partial charge in [-0.1, -0.05) is 0 Å². The molecular weight excluding hydrogens is 253 g/mol. The van der Waals surface area contributed by atoms with Gasteiger partial charge < -0.3 is 10.6 Å². The van der Waals surface area contributed by atoms with E-state index in [1.807, 2.05) is 0 Å². The summed E-state index contributed by atoms with van der Waals surface area (Å²) in [7, 11) is 0. The van der Waals surface area contributed by atoms with Gasteiger partial charge in [-0.3, -0.25) is 3.53 Å². The molecule has 0 aromatic carbocycles. The molecule has 0 radical (unpaired) electrons. The van der Waals surface area contributed by atoms with Gasteiger partial charge in [-0.25, -0.2) is 0 Å². The van der Waals surface area contributed by atoms with Crippen LogP contribution in [0.25, 0.3) is 0 Å². The molecule has 11 heavy (non-hydrogen) atoms. The van der Waals surface area contributed by atoms with Gasteiger partial charge in [0.15, 0.2) is 0 Å². The lowest BCUT2D eigenvalue weighted by molar-refractivity contribution is 0.215. The van der Waals surface area contributed by atoms with E-state index >= 15 is 0 Å². The van der Waals surface area contributed by atoms with E-state index in [4.69, 9.17) is 5.73 Å². The monoisotopic (exact) mass is 269 g/mol. The van der Waals surface area contributed by atoms with Crippen LogP contribution in [0, 0.1) is 0 Å². The zero-order valence-corrected chi connectivity index (χ0v) is 8.88. The highest BCUT2D eigenvalue weighted by Gasteiger charge is 2.16. The van der Waals surface area contributed by atoms with Crippen molar-refractivity contribution >= 4 is 22.9 Å². The van der Waals surface area contributed by atoms with Crippen molar-refractivity contribution in [3.8, 4) is 0 Å². The zero-order chi connectivity index (χ0) is 8.10. The molecule has 3 N–H and O–H groups in total. The predicted octanol–water partition coefficient (Wildman–Crippen LogP) is 0.349. The number of rotatable bonds is 3. The van der Waals surface area contributed by atoms with Crippen molar-refractivity contribution in [2.75, 3.05) is 26.2 Å². The number of hydrogen-bond acceptors (Lipinski definition) is 3. The average Bonchev–Trinajstić information content (AvgIpc) is 2.07. The van der Waals surface area contributed by atoms with Gasteiger partial charge in [-0.2, -0.15) is 0 Å². The summed E-state index contributed by atoms with van der Waals surface area (Å²) in [5, 5.41) is 0. The second kappa shape index (κ2) is 5.29. The van der Waals surface area contributed by atoms with Crippen LogP contribution >= 0.6 is 22.9 Å². The molecule has 0 bridgehead atoms. The molecule has 1 aliphatic rings. The van der Waals surface area contributed by atoms with Crippen LogP contribution in [0.5, 0.6) is 0 Å². The number of likely N-dealkylation sites (tertiary alicyclic amines) is 1. The smallest absolute Gasteiger partial charge is 0.0187 e. The number of hydrogen-bond donors (Lipinski definition) is 2. The fourth-order valence-corrected chi connectivity index (χ4v) is 2.07. The Balaban J connectivity index is 2.14. The number of nitrogens with two attached hydrogens (primary N) is 1. The lowest BCUT2D eigenvalue weighted by Crippen LogP contribution is -2.41. The van der Waals surface area contributed by atoms with Crippen LogP contribution in [0.15, 0.2) is 0 Å². The minimum Gasteiger partial charge on any atom is -0.329 e. The summed E-state index contributed by atoms with van der Waals surface area (Å²) in [6.07, 6.45) is 2.53. The molecule has 0 atom stereocenters. The van der Waals surface area contributed by atoms with Crippen molar-refractivity contribution in [2.45, 2.75) is 18.9 Å². The lowest BCUT2D eigenvalue weighted by Gasteiger charge is -2.30. The molecule has 0 aliphatic carbocycles. The lowest BCUT2D eigenvalue weighted by atomic mass is 10.1. The summed E-state index contributed by atoms with van der Waals surface area (Å²) in [6.45, 7) is 4.27. The molecule has 66 valence electrons. The number of halogens is 1. The molecule has 4 heteroatoms. The summed E-state index contributed by atoms with van der Waals surface area (Å²) >= 11 is 2.24. The van der Waals surface area contributed by atoms with Crippen molar-refractivity contribution < 1.29 is 0 Å². The van der Waals surface area contributed by atoms with Gasteiger partial charge in [-0.05, 0) is 25.9 Å². The van der Waals surface area contributed by atoms with Crippen molar-refractivity contribution in [3.05, 3.63) is 0 Å². The summed E-state index contributed by atoms with van der Waals surface area (Å²) in [5.74, 6) is 0. The summed E-state index contributed by atoms with van der Waals surface area (Å²) in [5.41, 5.74) is 5.47. The van der Waals surface area contributed by atoms with Crippen molar-refractivity contribution in [3.63, 3.8) is 0 Å². The van der Waals surface area contributed by atoms with Gasteiger partial charge in [0.2, 0.25) is 0 Å².